The molecule has 4 nitrogen and oxygen atoms in total. The smallest absolute Gasteiger partial charge is 0.251 e. The fourth-order valence-corrected chi connectivity index (χ4v) is 2.50. The lowest BCUT2D eigenvalue weighted by Crippen LogP contribution is -2.32. The highest BCUT2D eigenvalue weighted by atomic mass is 35.5. The zero-order valence-corrected chi connectivity index (χ0v) is 12.1. The Kier molecular flexibility index (Phi) is 5.83. The molecule has 20 heavy (non-hydrogen) atoms. The van der Waals surface area contributed by atoms with Gasteiger partial charge in [0.05, 0.1) is 6.10 Å². The molecule has 0 unspecified atom stereocenters. The summed E-state index contributed by atoms with van der Waals surface area (Å²) in [7, 11) is 0. The molecule has 1 aromatic rings. The minimum atomic E-state index is -0.371. The Morgan fingerprint density at radius 2 is 2.00 bits per heavy atom. The molecule has 1 atom stereocenters. The van der Waals surface area contributed by atoms with Crippen molar-refractivity contribution in [2.45, 2.75) is 25.4 Å². The number of benzene rings is 1. The van der Waals surface area contributed by atoms with Gasteiger partial charge in [0.15, 0.2) is 0 Å². The Balaban J connectivity index is 1.72. The van der Waals surface area contributed by atoms with E-state index in [0.29, 0.717) is 23.6 Å². The first kappa shape index (κ1) is 15.3. The average molecular weight is 298 g/mol. The van der Waals surface area contributed by atoms with Gasteiger partial charge in [0.2, 0.25) is 0 Å². The van der Waals surface area contributed by atoms with Crippen LogP contribution in [-0.4, -0.2) is 36.9 Å². The molecular formula is C15H20ClNO3. The molecule has 0 bridgehead atoms. The molecule has 1 aromatic carbocycles. The van der Waals surface area contributed by atoms with E-state index in [1.165, 1.54) is 0 Å². The monoisotopic (exact) mass is 297 g/mol. The number of amides is 1. The molecule has 2 N–H and O–H groups in total. The molecule has 2 rings (SSSR count). The van der Waals surface area contributed by atoms with E-state index in [1.54, 1.807) is 24.3 Å². The number of hydrogen-bond acceptors (Lipinski definition) is 3. The molecule has 1 aliphatic rings. The number of carbonyl (C=O) groups is 1. The predicted octanol–water partition coefficient (Wildman–Crippen LogP) is 2.25. The molecule has 1 saturated heterocycles. The van der Waals surface area contributed by atoms with Crippen LogP contribution in [0.4, 0.5) is 0 Å². The van der Waals surface area contributed by atoms with Gasteiger partial charge >= 0.3 is 0 Å². The first-order valence-corrected chi connectivity index (χ1v) is 7.34. The van der Waals surface area contributed by atoms with E-state index < -0.39 is 0 Å². The third-order valence-corrected chi connectivity index (χ3v) is 3.89. The van der Waals surface area contributed by atoms with Crippen LogP contribution in [0, 0.1) is 5.92 Å². The van der Waals surface area contributed by atoms with Crippen molar-refractivity contribution in [3.63, 3.8) is 0 Å². The van der Waals surface area contributed by atoms with Crippen molar-refractivity contribution in [1.82, 2.24) is 5.32 Å². The molecule has 0 aromatic heterocycles. The molecule has 1 heterocycles. The molecule has 0 radical (unpaired) electrons. The largest absolute Gasteiger partial charge is 0.393 e. The van der Waals surface area contributed by atoms with Crippen LogP contribution in [-0.2, 0) is 4.74 Å². The maximum Gasteiger partial charge on any atom is 0.251 e. The van der Waals surface area contributed by atoms with Gasteiger partial charge in [-0.1, -0.05) is 11.6 Å². The highest BCUT2D eigenvalue weighted by Crippen LogP contribution is 2.20. The molecule has 0 aliphatic carbocycles. The van der Waals surface area contributed by atoms with E-state index in [-0.39, 0.29) is 17.9 Å². The first-order valence-electron chi connectivity index (χ1n) is 6.96. The fraction of sp³-hybridized carbons (Fsp3) is 0.533. The second-order valence-corrected chi connectivity index (χ2v) is 5.51. The van der Waals surface area contributed by atoms with Crippen LogP contribution in [0.15, 0.2) is 24.3 Å². The van der Waals surface area contributed by atoms with Crippen LogP contribution in [0.5, 0.6) is 0 Å². The SMILES string of the molecule is O=C(NCC[C@@H](O)C1CCOCC1)c1ccc(Cl)cc1. The number of nitrogens with one attached hydrogen (secondary N) is 1. The summed E-state index contributed by atoms with van der Waals surface area (Å²) in [6.45, 7) is 1.91. The van der Waals surface area contributed by atoms with Gasteiger partial charge < -0.3 is 15.2 Å². The molecule has 1 amide bonds. The van der Waals surface area contributed by atoms with Crippen LogP contribution < -0.4 is 5.32 Å². The Morgan fingerprint density at radius 3 is 2.65 bits per heavy atom. The summed E-state index contributed by atoms with van der Waals surface area (Å²) < 4.78 is 5.27. The van der Waals surface area contributed by atoms with Crippen molar-refractivity contribution in [2.24, 2.45) is 5.92 Å². The van der Waals surface area contributed by atoms with Crippen LogP contribution in [0.2, 0.25) is 5.02 Å². The highest BCUT2D eigenvalue weighted by Gasteiger charge is 2.21. The standard InChI is InChI=1S/C15H20ClNO3/c16-13-3-1-12(2-4-13)15(19)17-8-5-14(18)11-6-9-20-10-7-11/h1-4,11,14,18H,5-10H2,(H,17,19)/t14-/m1/s1. The van der Waals surface area contributed by atoms with Gasteiger partial charge in [-0.15, -0.1) is 0 Å². The van der Waals surface area contributed by atoms with Crippen LogP contribution in [0.3, 0.4) is 0 Å². The number of ether oxygens (including phenoxy) is 1. The molecule has 1 aliphatic heterocycles. The Morgan fingerprint density at radius 1 is 1.35 bits per heavy atom. The summed E-state index contributed by atoms with van der Waals surface area (Å²) in [5, 5.41) is 13.5. The van der Waals surface area contributed by atoms with Gasteiger partial charge in [-0.05, 0) is 49.4 Å². The maximum absolute atomic E-state index is 11.9. The molecule has 0 spiro atoms. The first-order chi connectivity index (χ1) is 9.66. The highest BCUT2D eigenvalue weighted by molar-refractivity contribution is 6.30. The van der Waals surface area contributed by atoms with Crippen molar-refractivity contribution in [2.75, 3.05) is 19.8 Å². The molecule has 5 heteroatoms. The third-order valence-electron chi connectivity index (χ3n) is 3.64. The molecule has 0 saturated carbocycles. The minimum Gasteiger partial charge on any atom is -0.393 e. The van der Waals surface area contributed by atoms with Crippen molar-refractivity contribution in [3.05, 3.63) is 34.9 Å². The summed E-state index contributed by atoms with van der Waals surface area (Å²) in [5.74, 6) is 0.150. The topological polar surface area (TPSA) is 58.6 Å². The fourth-order valence-electron chi connectivity index (χ4n) is 2.37. The van der Waals surface area contributed by atoms with E-state index in [9.17, 15) is 9.90 Å². The average Bonchev–Trinajstić information content (AvgIpc) is 2.48. The second-order valence-electron chi connectivity index (χ2n) is 5.07. The lowest BCUT2D eigenvalue weighted by atomic mass is 9.92. The Hall–Kier alpha value is -1.10. The van der Waals surface area contributed by atoms with Crippen LogP contribution in [0.25, 0.3) is 0 Å². The van der Waals surface area contributed by atoms with Crippen LogP contribution in [0.1, 0.15) is 29.6 Å². The van der Waals surface area contributed by atoms with Gasteiger partial charge in [0.1, 0.15) is 0 Å². The van der Waals surface area contributed by atoms with Crippen LogP contribution >= 0.6 is 11.6 Å². The Bertz CT molecular complexity index is 429. The van der Waals surface area contributed by atoms with Gasteiger partial charge in [0.25, 0.3) is 5.91 Å². The summed E-state index contributed by atoms with van der Waals surface area (Å²) in [6.07, 6.45) is 1.99. The summed E-state index contributed by atoms with van der Waals surface area (Å²) in [4.78, 5) is 11.9. The van der Waals surface area contributed by atoms with Crippen molar-refractivity contribution in [3.8, 4) is 0 Å². The summed E-state index contributed by atoms with van der Waals surface area (Å²) >= 11 is 5.77. The lowest BCUT2D eigenvalue weighted by molar-refractivity contribution is 0.00528. The summed E-state index contributed by atoms with van der Waals surface area (Å²) in [5.41, 5.74) is 0.579. The van der Waals surface area contributed by atoms with E-state index in [0.717, 1.165) is 26.1 Å². The van der Waals surface area contributed by atoms with E-state index in [4.69, 9.17) is 16.3 Å². The number of aliphatic hydroxyl groups excluding tert-OH is 1. The predicted molar refractivity (Wildman–Crippen MR) is 78.0 cm³/mol. The van der Waals surface area contributed by atoms with Gasteiger partial charge in [-0.25, -0.2) is 0 Å². The second kappa shape index (κ2) is 7.62. The normalized spacial score (nSPS) is 17.7. The quantitative estimate of drug-likeness (QED) is 0.876. The number of aliphatic hydroxyl groups is 1. The minimum absolute atomic E-state index is 0.138. The van der Waals surface area contributed by atoms with Crippen molar-refractivity contribution in [1.29, 1.82) is 0 Å². The number of rotatable bonds is 5. The van der Waals surface area contributed by atoms with Crippen molar-refractivity contribution >= 4 is 17.5 Å². The number of carbonyl (C=O) groups excluding carboxylic acids is 1. The third kappa shape index (κ3) is 4.47. The zero-order valence-electron chi connectivity index (χ0n) is 11.3. The van der Waals surface area contributed by atoms with E-state index >= 15 is 0 Å². The number of hydrogen-bond donors (Lipinski definition) is 2. The maximum atomic E-state index is 11.9. The van der Waals surface area contributed by atoms with Gasteiger partial charge in [-0.2, -0.15) is 0 Å². The molecule has 1 fully saturated rings. The molecule has 110 valence electrons. The van der Waals surface area contributed by atoms with Gasteiger partial charge in [-0.3, -0.25) is 4.79 Å². The van der Waals surface area contributed by atoms with Crippen molar-refractivity contribution < 1.29 is 14.6 Å². The zero-order chi connectivity index (χ0) is 14.4. The summed E-state index contributed by atoms with van der Waals surface area (Å²) in [6, 6.07) is 6.75. The number of halogens is 1. The van der Waals surface area contributed by atoms with E-state index in [1.807, 2.05) is 0 Å². The Labute approximate surface area is 124 Å². The van der Waals surface area contributed by atoms with E-state index in [2.05, 4.69) is 5.32 Å². The van der Waals surface area contributed by atoms with Gasteiger partial charge in [0, 0.05) is 30.3 Å². The lowest BCUT2D eigenvalue weighted by Gasteiger charge is -2.26. The molecular weight excluding hydrogens is 278 g/mol.